The second-order valence-corrected chi connectivity index (χ2v) is 3.76. The number of hydrogen-bond acceptors (Lipinski definition) is 2. The van der Waals surface area contributed by atoms with Gasteiger partial charge in [0.25, 0.3) is 0 Å². The molecule has 0 aromatic heterocycles. The molecule has 1 nitrogen and oxygen atoms in total. The van der Waals surface area contributed by atoms with Crippen molar-refractivity contribution >= 4 is 11.8 Å². The summed E-state index contributed by atoms with van der Waals surface area (Å²) >= 11 is 1.88. The van der Waals surface area contributed by atoms with E-state index in [1.165, 1.54) is 12.2 Å². The van der Waals surface area contributed by atoms with Crippen molar-refractivity contribution in [1.82, 2.24) is 5.32 Å². The highest BCUT2D eigenvalue weighted by molar-refractivity contribution is 7.98. The van der Waals surface area contributed by atoms with Gasteiger partial charge >= 0.3 is 0 Å². The van der Waals surface area contributed by atoms with Crippen molar-refractivity contribution in [1.29, 1.82) is 0 Å². The molecule has 0 spiro atoms. The van der Waals surface area contributed by atoms with Crippen LogP contribution in [0.4, 0.5) is 0 Å². The van der Waals surface area contributed by atoms with Gasteiger partial charge in [-0.05, 0) is 25.6 Å². The summed E-state index contributed by atoms with van der Waals surface area (Å²) < 4.78 is 0. The molecular formula is C10H19NS. The van der Waals surface area contributed by atoms with E-state index in [2.05, 4.69) is 24.4 Å². The van der Waals surface area contributed by atoms with Crippen molar-refractivity contribution in [2.45, 2.75) is 32.2 Å². The zero-order valence-corrected chi connectivity index (χ0v) is 8.91. The van der Waals surface area contributed by atoms with Gasteiger partial charge in [0.15, 0.2) is 0 Å². The van der Waals surface area contributed by atoms with Crippen molar-refractivity contribution in [3.8, 4) is 12.3 Å². The summed E-state index contributed by atoms with van der Waals surface area (Å²) in [7, 11) is 0. The van der Waals surface area contributed by atoms with E-state index in [4.69, 9.17) is 6.42 Å². The first kappa shape index (κ1) is 11.9. The number of nitrogens with one attached hydrogen (secondary N) is 1. The minimum Gasteiger partial charge on any atom is -0.313 e. The Kier molecular flexibility index (Phi) is 8.86. The molecular weight excluding hydrogens is 166 g/mol. The summed E-state index contributed by atoms with van der Waals surface area (Å²) in [5, 5.41) is 3.49. The molecule has 0 radical (unpaired) electrons. The minimum atomic E-state index is 0.607. The molecule has 1 unspecified atom stereocenters. The lowest BCUT2D eigenvalue weighted by Gasteiger charge is -2.15. The van der Waals surface area contributed by atoms with Crippen LogP contribution in [0, 0.1) is 12.3 Å². The van der Waals surface area contributed by atoms with Gasteiger partial charge in [-0.25, -0.2) is 0 Å². The van der Waals surface area contributed by atoms with E-state index in [0.29, 0.717) is 6.04 Å². The molecule has 0 bridgehead atoms. The standard InChI is InChI=1S/C10H19NS/c1-4-6-7-10(9-12-3)11-8-5-2/h1,10-11H,5-9H2,2-3H3. The van der Waals surface area contributed by atoms with Crippen LogP contribution in [0.25, 0.3) is 0 Å². The molecule has 12 heavy (non-hydrogen) atoms. The second kappa shape index (κ2) is 8.96. The lowest BCUT2D eigenvalue weighted by atomic mass is 10.2. The normalized spacial score (nSPS) is 12.4. The van der Waals surface area contributed by atoms with E-state index in [9.17, 15) is 0 Å². The number of rotatable bonds is 7. The van der Waals surface area contributed by atoms with Crippen LogP contribution in [-0.2, 0) is 0 Å². The predicted octanol–water partition coefficient (Wildman–Crippen LogP) is 2.13. The maximum Gasteiger partial charge on any atom is 0.0167 e. The number of terminal acetylenes is 1. The molecule has 0 aliphatic heterocycles. The molecule has 0 amide bonds. The summed E-state index contributed by atoms with van der Waals surface area (Å²) in [6.07, 6.45) is 10.5. The van der Waals surface area contributed by atoms with Crippen molar-refractivity contribution in [2.24, 2.45) is 0 Å². The summed E-state index contributed by atoms with van der Waals surface area (Å²) in [6.45, 7) is 3.29. The third kappa shape index (κ3) is 6.57. The van der Waals surface area contributed by atoms with Gasteiger partial charge in [0.1, 0.15) is 0 Å². The Bertz CT molecular complexity index is 128. The first-order valence-electron chi connectivity index (χ1n) is 4.50. The largest absolute Gasteiger partial charge is 0.313 e. The molecule has 0 aliphatic rings. The molecule has 0 aromatic rings. The molecule has 1 atom stereocenters. The van der Waals surface area contributed by atoms with E-state index >= 15 is 0 Å². The summed E-state index contributed by atoms with van der Waals surface area (Å²) in [5.41, 5.74) is 0. The zero-order valence-electron chi connectivity index (χ0n) is 8.10. The van der Waals surface area contributed by atoms with Gasteiger partial charge in [0.2, 0.25) is 0 Å². The molecule has 0 aliphatic carbocycles. The van der Waals surface area contributed by atoms with E-state index in [1.54, 1.807) is 0 Å². The summed E-state index contributed by atoms with van der Waals surface area (Å²) in [5.74, 6) is 3.85. The van der Waals surface area contributed by atoms with Gasteiger partial charge in [-0.3, -0.25) is 0 Å². The van der Waals surface area contributed by atoms with Gasteiger partial charge in [0, 0.05) is 18.2 Å². The Labute approximate surface area is 80.7 Å². The Balaban J connectivity index is 3.48. The zero-order chi connectivity index (χ0) is 9.23. The van der Waals surface area contributed by atoms with Crippen molar-refractivity contribution in [3.63, 3.8) is 0 Å². The van der Waals surface area contributed by atoms with Crippen LogP contribution in [0.1, 0.15) is 26.2 Å². The van der Waals surface area contributed by atoms with E-state index in [1.807, 2.05) is 11.8 Å². The predicted molar refractivity (Wildman–Crippen MR) is 58.5 cm³/mol. The molecule has 2 heteroatoms. The Morgan fingerprint density at radius 3 is 2.83 bits per heavy atom. The van der Waals surface area contributed by atoms with Crippen LogP contribution in [0.15, 0.2) is 0 Å². The lowest BCUT2D eigenvalue weighted by Crippen LogP contribution is -2.31. The fourth-order valence-corrected chi connectivity index (χ4v) is 1.74. The highest BCUT2D eigenvalue weighted by Gasteiger charge is 2.04. The molecule has 70 valence electrons. The third-order valence-corrected chi connectivity index (χ3v) is 2.42. The highest BCUT2D eigenvalue weighted by atomic mass is 32.2. The lowest BCUT2D eigenvalue weighted by molar-refractivity contribution is 0.527. The number of hydrogen-bond donors (Lipinski definition) is 1. The highest BCUT2D eigenvalue weighted by Crippen LogP contribution is 2.03. The maximum atomic E-state index is 5.22. The smallest absolute Gasteiger partial charge is 0.0167 e. The van der Waals surface area contributed by atoms with E-state index in [0.717, 1.165) is 19.4 Å². The third-order valence-electron chi connectivity index (χ3n) is 1.69. The maximum absolute atomic E-state index is 5.22. The fourth-order valence-electron chi connectivity index (χ4n) is 1.05. The first-order chi connectivity index (χ1) is 5.85. The molecule has 0 fully saturated rings. The SMILES string of the molecule is C#CCCC(CSC)NCCC. The number of thioether (sulfide) groups is 1. The summed E-state index contributed by atoms with van der Waals surface area (Å²) in [6, 6.07) is 0.607. The van der Waals surface area contributed by atoms with Crippen molar-refractivity contribution in [2.75, 3.05) is 18.6 Å². The Hall–Kier alpha value is -0.130. The topological polar surface area (TPSA) is 12.0 Å². The van der Waals surface area contributed by atoms with Crippen LogP contribution in [0.2, 0.25) is 0 Å². The molecule has 0 aromatic carbocycles. The van der Waals surface area contributed by atoms with Crippen molar-refractivity contribution < 1.29 is 0 Å². The Morgan fingerprint density at radius 1 is 1.58 bits per heavy atom. The van der Waals surface area contributed by atoms with Crippen molar-refractivity contribution in [3.05, 3.63) is 0 Å². The molecule has 0 rings (SSSR count). The van der Waals surface area contributed by atoms with Crippen LogP contribution in [0.5, 0.6) is 0 Å². The second-order valence-electron chi connectivity index (χ2n) is 2.85. The molecule has 1 N–H and O–H groups in total. The minimum absolute atomic E-state index is 0.607. The van der Waals surface area contributed by atoms with E-state index in [-0.39, 0.29) is 0 Å². The quantitative estimate of drug-likeness (QED) is 0.610. The molecule has 0 saturated heterocycles. The molecule has 0 saturated carbocycles. The Morgan fingerprint density at radius 2 is 2.33 bits per heavy atom. The first-order valence-corrected chi connectivity index (χ1v) is 5.90. The van der Waals surface area contributed by atoms with Gasteiger partial charge in [-0.15, -0.1) is 12.3 Å². The monoisotopic (exact) mass is 185 g/mol. The van der Waals surface area contributed by atoms with Crippen LogP contribution >= 0.6 is 11.8 Å². The van der Waals surface area contributed by atoms with Gasteiger partial charge in [-0.2, -0.15) is 11.8 Å². The van der Waals surface area contributed by atoms with Gasteiger partial charge in [-0.1, -0.05) is 6.92 Å². The average Bonchev–Trinajstić information content (AvgIpc) is 2.10. The molecule has 0 heterocycles. The van der Waals surface area contributed by atoms with Crippen LogP contribution in [-0.4, -0.2) is 24.6 Å². The van der Waals surface area contributed by atoms with Crippen LogP contribution in [0.3, 0.4) is 0 Å². The van der Waals surface area contributed by atoms with Gasteiger partial charge in [0.05, 0.1) is 0 Å². The fraction of sp³-hybridized carbons (Fsp3) is 0.800. The summed E-state index contributed by atoms with van der Waals surface area (Å²) in [4.78, 5) is 0. The average molecular weight is 185 g/mol. The van der Waals surface area contributed by atoms with E-state index < -0.39 is 0 Å². The van der Waals surface area contributed by atoms with Gasteiger partial charge < -0.3 is 5.32 Å². The van der Waals surface area contributed by atoms with Crippen LogP contribution < -0.4 is 5.32 Å².